The van der Waals surface area contributed by atoms with E-state index in [4.69, 9.17) is 5.11 Å². The third-order valence-corrected chi connectivity index (χ3v) is 5.17. The Morgan fingerprint density at radius 3 is 2.85 bits per heavy atom. The monoisotopic (exact) mass is 315 g/mol. The molecule has 20 heavy (non-hydrogen) atoms. The van der Waals surface area contributed by atoms with Crippen LogP contribution in [0.25, 0.3) is 0 Å². The number of hydrogen-bond acceptors (Lipinski definition) is 5. The molecular weight excluding hydrogens is 302 g/mol. The molecule has 0 spiro atoms. The van der Waals surface area contributed by atoms with Crippen LogP contribution >= 0.6 is 11.3 Å². The molecule has 0 saturated heterocycles. The zero-order valence-electron chi connectivity index (χ0n) is 10.6. The molecule has 9 heteroatoms. The molecule has 0 aliphatic heterocycles. The van der Waals surface area contributed by atoms with Crippen molar-refractivity contribution in [1.82, 2.24) is 14.3 Å². The van der Waals surface area contributed by atoms with Gasteiger partial charge >= 0.3 is 5.97 Å². The Bertz CT molecular complexity index is 718. The second kappa shape index (κ2) is 5.73. The Balaban J connectivity index is 2.00. The first kappa shape index (κ1) is 14.7. The summed E-state index contributed by atoms with van der Waals surface area (Å²) in [5.74, 6) is -0.367. The fraction of sp³-hybridized carbons (Fsp3) is 0.273. The number of nitrogens with zero attached hydrogens (tertiary/aromatic N) is 2. The lowest BCUT2D eigenvalue weighted by molar-refractivity contribution is 0.0702. The lowest BCUT2D eigenvalue weighted by atomic mass is 10.4. The Labute approximate surface area is 119 Å². The van der Waals surface area contributed by atoms with E-state index in [1.807, 2.05) is 7.05 Å². The second-order valence-electron chi connectivity index (χ2n) is 4.05. The van der Waals surface area contributed by atoms with Gasteiger partial charge < -0.3 is 9.67 Å². The van der Waals surface area contributed by atoms with E-state index in [-0.39, 0.29) is 16.3 Å². The van der Waals surface area contributed by atoms with Gasteiger partial charge in [-0.15, -0.1) is 11.3 Å². The van der Waals surface area contributed by atoms with Crippen molar-refractivity contribution in [3.8, 4) is 0 Å². The molecule has 0 aliphatic carbocycles. The molecule has 0 saturated carbocycles. The maximum atomic E-state index is 12.0. The van der Waals surface area contributed by atoms with Gasteiger partial charge in [0.15, 0.2) is 0 Å². The quantitative estimate of drug-likeness (QED) is 0.817. The maximum Gasteiger partial charge on any atom is 0.345 e. The summed E-state index contributed by atoms with van der Waals surface area (Å²) in [4.78, 5) is 14.8. The highest BCUT2D eigenvalue weighted by Crippen LogP contribution is 2.18. The molecule has 0 amide bonds. The highest BCUT2D eigenvalue weighted by molar-refractivity contribution is 7.89. The second-order valence-corrected chi connectivity index (χ2v) is 6.73. The molecule has 7 nitrogen and oxygen atoms in total. The van der Waals surface area contributed by atoms with Gasteiger partial charge in [0.2, 0.25) is 10.0 Å². The van der Waals surface area contributed by atoms with Crippen molar-refractivity contribution in [2.24, 2.45) is 7.05 Å². The molecule has 0 bridgehead atoms. The topological polar surface area (TPSA) is 101 Å². The van der Waals surface area contributed by atoms with Crippen LogP contribution in [0.5, 0.6) is 0 Å². The maximum absolute atomic E-state index is 12.0. The van der Waals surface area contributed by atoms with E-state index in [0.29, 0.717) is 6.42 Å². The van der Waals surface area contributed by atoms with Gasteiger partial charge in [-0.2, -0.15) is 0 Å². The smallest absolute Gasteiger partial charge is 0.345 e. The number of thiophene rings is 1. The lowest BCUT2D eigenvalue weighted by Crippen LogP contribution is -2.26. The van der Waals surface area contributed by atoms with Crippen LogP contribution in [-0.4, -0.2) is 35.6 Å². The van der Waals surface area contributed by atoms with E-state index in [2.05, 4.69) is 9.71 Å². The number of aromatic carboxylic acids is 1. The van der Waals surface area contributed by atoms with E-state index in [1.165, 1.54) is 5.38 Å². The molecule has 0 unspecified atom stereocenters. The molecule has 0 aromatic carbocycles. The molecule has 0 atom stereocenters. The van der Waals surface area contributed by atoms with Gasteiger partial charge in [-0.3, -0.25) is 0 Å². The summed E-state index contributed by atoms with van der Waals surface area (Å²) in [6.45, 7) is 0.200. The molecule has 2 N–H and O–H groups in total. The normalized spacial score (nSPS) is 11.7. The van der Waals surface area contributed by atoms with Crippen molar-refractivity contribution in [1.29, 1.82) is 0 Å². The van der Waals surface area contributed by atoms with Crippen LogP contribution in [0.1, 0.15) is 15.5 Å². The number of sulfonamides is 1. The van der Waals surface area contributed by atoms with Gasteiger partial charge in [0, 0.05) is 37.8 Å². The van der Waals surface area contributed by atoms with Crippen molar-refractivity contribution in [2.75, 3.05) is 6.54 Å². The first-order valence-corrected chi connectivity index (χ1v) is 8.04. The van der Waals surface area contributed by atoms with Crippen LogP contribution in [0.2, 0.25) is 0 Å². The van der Waals surface area contributed by atoms with Crippen LogP contribution in [0, 0.1) is 0 Å². The van der Waals surface area contributed by atoms with Crippen molar-refractivity contribution < 1.29 is 18.3 Å². The number of nitrogens with one attached hydrogen (secondary N) is 1. The zero-order chi connectivity index (χ0) is 14.8. The average Bonchev–Trinajstić information content (AvgIpc) is 2.99. The van der Waals surface area contributed by atoms with Gasteiger partial charge in [-0.25, -0.2) is 22.9 Å². The number of aryl methyl sites for hydroxylation is 1. The number of aromatic nitrogens is 2. The first-order valence-electron chi connectivity index (χ1n) is 5.68. The van der Waals surface area contributed by atoms with Crippen LogP contribution in [0.15, 0.2) is 28.7 Å². The molecule has 0 radical (unpaired) electrons. The summed E-state index contributed by atoms with van der Waals surface area (Å²) in [7, 11) is -1.85. The highest BCUT2D eigenvalue weighted by Gasteiger charge is 2.18. The Kier molecular flexibility index (Phi) is 4.21. The predicted octanol–water partition coefficient (Wildman–Crippen LogP) is 0.701. The van der Waals surface area contributed by atoms with Crippen LogP contribution in [-0.2, 0) is 23.5 Å². The molecule has 2 aromatic rings. The number of rotatable bonds is 6. The number of imidazole rings is 1. The number of hydrogen-bond donors (Lipinski definition) is 2. The summed E-state index contributed by atoms with van der Waals surface area (Å²) in [6, 6.07) is 1.15. The zero-order valence-corrected chi connectivity index (χ0v) is 12.2. The van der Waals surface area contributed by atoms with Gasteiger partial charge in [0.05, 0.1) is 4.90 Å². The van der Waals surface area contributed by atoms with Crippen LogP contribution < -0.4 is 4.72 Å². The number of carbonyl (C=O) groups is 1. The summed E-state index contributed by atoms with van der Waals surface area (Å²) in [6.07, 6.45) is 3.88. The summed E-state index contributed by atoms with van der Waals surface area (Å²) >= 11 is 0.883. The van der Waals surface area contributed by atoms with E-state index < -0.39 is 16.0 Å². The summed E-state index contributed by atoms with van der Waals surface area (Å²) < 4.78 is 28.1. The molecule has 2 heterocycles. The third-order valence-electron chi connectivity index (χ3n) is 2.66. The molecule has 0 fully saturated rings. The minimum Gasteiger partial charge on any atom is -0.477 e. The fourth-order valence-electron chi connectivity index (χ4n) is 1.59. The van der Waals surface area contributed by atoms with Crippen LogP contribution in [0.4, 0.5) is 0 Å². The van der Waals surface area contributed by atoms with Crippen LogP contribution in [0.3, 0.4) is 0 Å². The molecule has 108 valence electrons. The average molecular weight is 315 g/mol. The SMILES string of the molecule is Cn1ccnc1CCNS(=O)(=O)c1csc(C(=O)O)c1. The van der Waals surface area contributed by atoms with E-state index >= 15 is 0 Å². The molecule has 0 aliphatic rings. The lowest BCUT2D eigenvalue weighted by Gasteiger charge is -2.05. The van der Waals surface area contributed by atoms with Gasteiger partial charge in [0.1, 0.15) is 10.7 Å². The molecular formula is C11H13N3O4S2. The summed E-state index contributed by atoms with van der Waals surface area (Å²) in [5.41, 5.74) is 0. The first-order chi connectivity index (χ1) is 9.40. The van der Waals surface area contributed by atoms with Gasteiger partial charge in [-0.1, -0.05) is 0 Å². The van der Waals surface area contributed by atoms with Gasteiger partial charge in [0.25, 0.3) is 0 Å². The Morgan fingerprint density at radius 2 is 2.30 bits per heavy atom. The predicted molar refractivity (Wildman–Crippen MR) is 73.4 cm³/mol. The van der Waals surface area contributed by atoms with Crippen molar-refractivity contribution in [2.45, 2.75) is 11.3 Å². The Hall–Kier alpha value is -1.71. The minimum atomic E-state index is -3.68. The highest BCUT2D eigenvalue weighted by atomic mass is 32.2. The fourth-order valence-corrected chi connectivity index (χ4v) is 3.73. The minimum absolute atomic E-state index is 0.00511. The van der Waals surface area contributed by atoms with Crippen molar-refractivity contribution >= 4 is 27.3 Å². The van der Waals surface area contributed by atoms with Crippen molar-refractivity contribution in [3.05, 3.63) is 34.5 Å². The Morgan fingerprint density at radius 1 is 1.55 bits per heavy atom. The molecule has 2 aromatic heterocycles. The van der Waals surface area contributed by atoms with E-state index in [9.17, 15) is 13.2 Å². The van der Waals surface area contributed by atoms with Crippen molar-refractivity contribution in [3.63, 3.8) is 0 Å². The standard InChI is InChI=1S/C11H13N3O4S2/c1-14-5-4-12-10(14)2-3-13-20(17,18)8-6-9(11(15)16)19-7-8/h4-7,13H,2-3H2,1H3,(H,15,16). The largest absolute Gasteiger partial charge is 0.477 e. The number of carboxylic acid groups (broad SMARTS) is 1. The third kappa shape index (κ3) is 3.24. The van der Waals surface area contributed by atoms with E-state index in [1.54, 1.807) is 17.0 Å². The number of carboxylic acids is 1. The van der Waals surface area contributed by atoms with E-state index in [0.717, 1.165) is 23.2 Å². The summed E-state index contributed by atoms with van der Waals surface area (Å²) in [5, 5.41) is 10.1. The molecule has 2 rings (SSSR count). The van der Waals surface area contributed by atoms with Gasteiger partial charge in [-0.05, 0) is 6.07 Å².